The van der Waals surface area contributed by atoms with Crippen LogP contribution in [0.4, 0.5) is 0 Å². The first-order valence-electron chi connectivity index (χ1n) is 6.19. The van der Waals surface area contributed by atoms with Gasteiger partial charge in [0.15, 0.2) is 0 Å². The predicted molar refractivity (Wildman–Crippen MR) is 68.7 cm³/mol. The van der Waals surface area contributed by atoms with E-state index in [0.717, 1.165) is 44.8 Å². The van der Waals surface area contributed by atoms with E-state index in [1.807, 2.05) is 11.8 Å². The van der Waals surface area contributed by atoms with Crippen molar-refractivity contribution in [1.82, 2.24) is 10.2 Å². The molecule has 1 N–H and O–H groups in total. The van der Waals surface area contributed by atoms with Gasteiger partial charge in [0.05, 0.1) is 0 Å². The maximum absolute atomic E-state index is 12.1. The molecule has 0 aromatic rings. The van der Waals surface area contributed by atoms with Crippen molar-refractivity contribution in [1.29, 1.82) is 0 Å². The number of carbonyl (C=O) groups excluding carboxylic acids is 1. The van der Waals surface area contributed by atoms with E-state index >= 15 is 0 Å². The third kappa shape index (κ3) is 3.14. The monoisotopic (exact) mass is 242 g/mol. The standard InChI is InChI=1S/C12H22N2OS/c1-12(2)3-4-14(5-6-16-12)11(15)7-10-8-13-9-10/h10,13H,3-9H2,1-2H3. The fourth-order valence-corrected chi connectivity index (χ4v) is 3.24. The zero-order valence-electron chi connectivity index (χ0n) is 10.3. The molecule has 0 spiro atoms. The maximum atomic E-state index is 12.1. The van der Waals surface area contributed by atoms with E-state index in [1.165, 1.54) is 0 Å². The lowest BCUT2D eigenvalue weighted by atomic mass is 9.98. The van der Waals surface area contributed by atoms with Gasteiger partial charge in [-0.05, 0) is 25.4 Å². The molecule has 2 aliphatic rings. The minimum absolute atomic E-state index is 0.340. The molecule has 1 amide bonds. The van der Waals surface area contributed by atoms with Crippen LogP contribution in [-0.2, 0) is 4.79 Å². The van der Waals surface area contributed by atoms with Crippen LogP contribution in [0.3, 0.4) is 0 Å². The van der Waals surface area contributed by atoms with Crippen LogP contribution in [0.25, 0.3) is 0 Å². The third-order valence-corrected chi connectivity index (χ3v) is 4.89. The molecule has 4 heteroatoms. The van der Waals surface area contributed by atoms with E-state index in [1.54, 1.807) is 0 Å². The zero-order chi connectivity index (χ0) is 11.6. The van der Waals surface area contributed by atoms with Crippen molar-refractivity contribution in [2.75, 3.05) is 31.9 Å². The van der Waals surface area contributed by atoms with Crippen LogP contribution < -0.4 is 5.32 Å². The van der Waals surface area contributed by atoms with E-state index in [0.29, 0.717) is 16.6 Å². The van der Waals surface area contributed by atoms with Crippen LogP contribution in [-0.4, -0.2) is 47.5 Å². The van der Waals surface area contributed by atoms with Crippen molar-refractivity contribution in [3.05, 3.63) is 0 Å². The largest absolute Gasteiger partial charge is 0.342 e. The first-order valence-corrected chi connectivity index (χ1v) is 7.18. The van der Waals surface area contributed by atoms with Gasteiger partial charge >= 0.3 is 0 Å². The average Bonchev–Trinajstić information content (AvgIpc) is 2.33. The molecule has 2 heterocycles. The number of nitrogens with zero attached hydrogens (tertiary/aromatic N) is 1. The van der Waals surface area contributed by atoms with Crippen molar-refractivity contribution < 1.29 is 4.79 Å². The summed E-state index contributed by atoms with van der Waals surface area (Å²) in [6.45, 7) is 8.49. The van der Waals surface area contributed by atoms with Crippen LogP contribution in [0.5, 0.6) is 0 Å². The molecular weight excluding hydrogens is 220 g/mol. The Morgan fingerprint density at radius 2 is 2.19 bits per heavy atom. The van der Waals surface area contributed by atoms with Gasteiger partial charge in [0.2, 0.25) is 5.91 Å². The first-order chi connectivity index (χ1) is 7.57. The molecule has 0 saturated carbocycles. The predicted octanol–water partition coefficient (Wildman–Crippen LogP) is 1.34. The summed E-state index contributed by atoms with van der Waals surface area (Å²) < 4.78 is 0.340. The highest BCUT2D eigenvalue weighted by Crippen LogP contribution is 2.30. The van der Waals surface area contributed by atoms with Crippen LogP contribution >= 0.6 is 11.8 Å². The Balaban J connectivity index is 1.81. The fraction of sp³-hybridized carbons (Fsp3) is 0.917. The SMILES string of the molecule is CC1(C)CCN(C(=O)CC2CNC2)CCS1. The number of amides is 1. The molecule has 0 aromatic carbocycles. The molecule has 2 saturated heterocycles. The molecule has 2 aliphatic heterocycles. The van der Waals surface area contributed by atoms with E-state index < -0.39 is 0 Å². The Hall–Kier alpha value is -0.220. The maximum Gasteiger partial charge on any atom is 0.222 e. The van der Waals surface area contributed by atoms with Gasteiger partial charge in [-0.1, -0.05) is 13.8 Å². The number of hydrogen-bond donors (Lipinski definition) is 1. The molecule has 0 bridgehead atoms. The summed E-state index contributed by atoms with van der Waals surface area (Å²) in [5.41, 5.74) is 0. The highest BCUT2D eigenvalue weighted by molar-refractivity contribution is 8.00. The summed E-state index contributed by atoms with van der Waals surface area (Å²) >= 11 is 1.99. The highest BCUT2D eigenvalue weighted by atomic mass is 32.2. The van der Waals surface area contributed by atoms with Crippen LogP contribution in [0.2, 0.25) is 0 Å². The highest BCUT2D eigenvalue weighted by Gasteiger charge is 2.28. The normalized spacial score (nSPS) is 26.0. The summed E-state index contributed by atoms with van der Waals surface area (Å²) in [7, 11) is 0. The van der Waals surface area contributed by atoms with E-state index in [4.69, 9.17) is 0 Å². The van der Waals surface area contributed by atoms with Crippen LogP contribution in [0.1, 0.15) is 26.7 Å². The Kier molecular flexibility index (Phi) is 3.80. The molecule has 3 nitrogen and oxygen atoms in total. The number of thioether (sulfide) groups is 1. The number of carbonyl (C=O) groups is 1. The van der Waals surface area contributed by atoms with Gasteiger partial charge in [-0.25, -0.2) is 0 Å². The second kappa shape index (κ2) is 4.96. The van der Waals surface area contributed by atoms with Crippen LogP contribution in [0, 0.1) is 5.92 Å². The Morgan fingerprint density at radius 3 is 2.81 bits per heavy atom. The van der Waals surface area contributed by atoms with Gasteiger partial charge in [0.25, 0.3) is 0 Å². The first kappa shape index (κ1) is 12.2. The van der Waals surface area contributed by atoms with Gasteiger partial charge in [-0.3, -0.25) is 4.79 Å². The molecule has 0 aliphatic carbocycles. The lowest BCUT2D eigenvalue weighted by molar-refractivity contribution is -0.132. The van der Waals surface area contributed by atoms with Gasteiger partial charge in [0.1, 0.15) is 0 Å². The van der Waals surface area contributed by atoms with Crippen LogP contribution in [0.15, 0.2) is 0 Å². The van der Waals surface area contributed by atoms with Crippen molar-refractivity contribution >= 4 is 17.7 Å². The Labute approximate surface area is 102 Å². The molecule has 2 rings (SSSR count). The second-order valence-electron chi connectivity index (χ2n) is 5.47. The van der Waals surface area contributed by atoms with E-state index in [2.05, 4.69) is 24.1 Å². The van der Waals surface area contributed by atoms with Gasteiger partial charge in [-0.2, -0.15) is 11.8 Å². The summed E-state index contributed by atoms with van der Waals surface area (Å²) in [5, 5.41) is 3.22. The molecule has 16 heavy (non-hydrogen) atoms. The smallest absolute Gasteiger partial charge is 0.222 e. The number of nitrogens with one attached hydrogen (secondary N) is 1. The molecule has 92 valence electrons. The van der Waals surface area contributed by atoms with Gasteiger partial charge in [0, 0.05) is 30.0 Å². The van der Waals surface area contributed by atoms with Gasteiger partial charge < -0.3 is 10.2 Å². The minimum Gasteiger partial charge on any atom is -0.342 e. The summed E-state index contributed by atoms with van der Waals surface area (Å²) in [6.07, 6.45) is 1.87. The topological polar surface area (TPSA) is 32.3 Å². The average molecular weight is 242 g/mol. The molecule has 2 fully saturated rings. The molecule has 0 atom stereocenters. The fourth-order valence-electron chi connectivity index (χ4n) is 2.14. The lowest BCUT2D eigenvalue weighted by Crippen LogP contribution is -2.45. The van der Waals surface area contributed by atoms with Crippen molar-refractivity contribution in [2.45, 2.75) is 31.4 Å². The summed E-state index contributed by atoms with van der Waals surface area (Å²) in [6, 6.07) is 0. The van der Waals surface area contributed by atoms with E-state index in [-0.39, 0.29) is 0 Å². The summed E-state index contributed by atoms with van der Waals surface area (Å²) in [5.74, 6) is 2.04. The number of rotatable bonds is 2. The van der Waals surface area contributed by atoms with E-state index in [9.17, 15) is 4.79 Å². The summed E-state index contributed by atoms with van der Waals surface area (Å²) in [4.78, 5) is 14.1. The number of hydrogen-bond acceptors (Lipinski definition) is 3. The molecular formula is C12H22N2OS. The zero-order valence-corrected chi connectivity index (χ0v) is 11.1. The van der Waals surface area contributed by atoms with Crippen molar-refractivity contribution in [3.8, 4) is 0 Å². The second-order valence-corrected chi connectivity index (χ2v) is 7.27. The third-order valence-electron chi connectivity index (χ3n) is 3.52. The van der Waals surface area contributed by atoms with Crippen molar-refractivity contribution in [2.24, 2.45) is 5.92 Å². The molecule has 0 radical (unpaired) electrons. The Bertz CT molecular complexity index is 264. The van der Waals surface area contributed by atoms with Gasteiger partial charge in [-0.15, -0.1) is 0 Å². The molecule has 0 unspecified atom stereocenters. The van der Waals surface area contributed by atoms with Crippen molar-refractivity contribution in [3.63, 3.8) is 0 Å². The lowest BCUT2D eigenvalue weighted by Gasteiger charge is -2.29. The minimum atomic E-state index is 0.340. The Morgan fingerprint density at radius 1 is 1.44 bits per heavy atom. The quantitative estimate of drug-likeness (QED) is 0.793. The molecule has 0 aromatic heterocycles.